The maximum atomic E-state index is 13.3. The Bertz CT molecular complexity index is 1400. The number of esters is 1. The van der Waals surface area contributed by atoms with Crippen LogP contribution in [0.3, 0.4) is 0 Å². The summed E-state index contributed by atoms with van der Waals surface area (Å²) in [4.78, 5) is 13.5. The molecule has 1 aliphatic rings. The molecule has 3 aromatic rings. The Hall–Kier alpha value is -3.57. The van der Waals surface area contributed by atoms with Gasteiger partial charge in [0.15, 0.2) is 0 Å². The molecular weight excluding hydrogens is 509 g/mol. The van der Waals surface area contributed by atoms with E-state index in [1.165, 1.54) is 35.0 Å². The number of hydrogen-bond acceptors (Lipinski definition) is 7. The lowest BCUT2D eigenvalue weighted by Crippen LogP contribution is -2.49. The van der Waals surface area contributed by atoms with Crippen molar-refractivity contribution in [3.8, 4) is 0 Å². The molecule has 0 spiro atoms. The molecular formula is C27H32FN5O4S. The minimum atomic E-state index is -3.76. The Morgan fingerprint density at radius 3 is 2.53 bits per heavy atom. The van der Waals surface area contributed by atoms with Crippen LogP contribution >= 0.6 is 0 Å². The average Bonchev–Trinajstić information content (AvgIpc) is 3.40. The van der Waals surface area contributed by atoms with Gasteiger partial charge in [-0.2, -0.15) is 9.40 Å². The number of aromatic nitrogens is 2. The molecule has 0 saturated carbocycles. The highest BCUT2D eigenvalue weighted by atomic mass is 32.2. The van der Waals surface area contributed by atoms with Gasteiger partial charge in [-0.1, -0.05) is 13.0 Å². The molecule has 9 nitrogen and oxygen atoms in total. The molecule has 38 heavy (non-hydrogen) atoms. The fourth-order valence-corrected chi connectivity index (χ4v) is 6.15. The Morgan fingerprint density at radius 1 is 1.18 bits per heavy atom. The predicted molar refractivity (Wildman–Crippen MR) is 143 cm³/mol. The number of piperidine rings is 1. The first kappa shape index (κ1) is 27.5. The summed E-state index contributed by atoms with van der Waals surface area (Å²) in [5.41, 5.74) is 1.42. The highest BCUT2D eigenvalue weighted by Crippen LogP contribution is 2.40. The lowest BCUT2D eigenvalue weighted by Gasteiger charge is -2.39. The number of nitrogens with one attached hydrogen (secondary N) is 2. The summed E-state index contributed by atoms with van der Waals surface area (Å²) in [6.45, 7) is 4.82. The molecule has 4 rings (SSSR count). The number of hydrogen-bond donors (Lipinski definition) is 2. The van der Waals surface area contributed by atoms with Gasteiger partial charge in [0.2, 0.25) is 10.0 Å². The molecule has 0 radical (unpaired) electrons. The first-order valence-corrected chi connectivity index (χ1v) is 14.0. The van der Waals surface area contributed by atoms with Gasteiger partial charge in [-0.3, -0.25) is 9.48 Å². The average molecular weight is 542 g/mol. The zero-order valence-corrected chi connectivity index (χ0v) is 22.3. The van der Waals surface area contributed by atoms with E-state index in [4.69, 9.17) is 10.1 Å². The third kappa shape index (κ3) is 5.48. The van der Waals surface area contributed by atoms with Crippen molar-refractivity contribution in [2.45, 2.75) is 50.0 Å². The van der Waals surface area contributed by atoms with E-state index in [1.807, 2.05) is 6.92 Å². The summed E-state index contributed by atoms with van der Waals surface area (Å²) in [5, 5.41) is 15.3. The highest BCUT2D eigenvalue weighted by molar-refractivity contribution is 7.89. The highest BCUT2D eigenvalue weighted by Gasteiger charge is 2.46. The van der Waals surface area contributed by atoms with Crippen molar-refractivity contribution in [2.24, 2.45) is 0 Å². The van der Waals surface area contributed by atoms with Crippen LogP contribution in [0.25, 0.3) is 0 Å². The third-order valence-electron chi connectivity index (χ3n) is 6.83. The molecule has 0 unspecified atom stereocenters. The van der Waals surface area contributed by atoms with Crippen molar-refractivity contribution in [3.63, 3.8) is 0 Å². The molecule has 11 heteroatoms. The smallest absolute Gasteiger partial charge is 0.316 e. The van der Waals surface area contributed by atoms with Crippen LogP contribution in [0.15, 0.2) is 59.8 Å². The van der Waals surface area contributed by atoms with Crippen LogP contribution < -0.4 is 5.32 Å². The molecule has 2 heterocycles. The Kier molecular flexibility index (Phi) is 8.27. The summed E-state index contributed by atoms with van der Waals surface area (Å²) in [7, 11) is -3.76. The molecule has 2 N–H and O–H groups in total. The largest absolute Gasteiger partial charge is 0.465 e. The molecule has 1 fully saturated rings. The SMILES string of the molecule is CCCn1cc(S(=O)(=O)N2CCC(C(=O)OCC)(c3ccc(Nc4ccc(F)cc4)c(C=N)c3)CC2)cn1. The summed E-state index contributed by atoms with van der Waals surface area (Å²) >= 11 is 0. The number of halogens is 1. The first-order valence-electron chi connectivity index (χ1n) is 12.6. The van der Waals surface area contributed by atoms with Crippen LogP contribution in [-0.2, 0) is 31.5 Å². The fourth-order valence-electron chi connectivity index (χ4n) is 4.75. The quantitative estimate of drug-likeness (QED) is 0.289. The molecule has 2 aromatic carbocycles. The van der Waals surface area contributed by atoms with Crippen LogP contribution in [0.5, 0.6) is 0 Å². The van der Waals surface area contributed by atoms with Crippen LogP contribution in [0, 0.1) is 11.2 Å². The lowest BCUT2D eigenvalue weighted by molar-refractivity contribution is -0.152. The summed E-state index contributed by atoms with van der Waals surface area (Å²) in [6, 6.07) is 11.2. The monoisotopic (exact) mass is 541 g/mol. The number of aryl methyl sites for hydroxylation is 1. The van der Waals surface area contributed by atoms with Gasteiger partial charge in [0, 0.05) is 49.0 Å². The van der Waals surface area contributed by atoms with E-state index >= 15 is 0 Å². The normalized spacial score (nSPS) is 15.7. The van der Waals surface area contributed by atoms with E-state index in [0.29, 0.717) is 29.0 Å². The number of nitrogens with zero attached hydrogens (tertiary/aromatic N) is 3. The molecule has 1 saturated heterocycles. The van der Waals surface area contributed by atoms with E-state index in [1.54, 1.807) is 41.9 Å². The van der Waals surface area contributed by atoms with Gasteiger partial charge in [-0.25, -0.2) is 12.8 Å². The Morgan fingerprint density at radius 2 is 1.89 bits per heavy atom. The second-order valence-electron chi connectivity index (χ2n) is 9.22. The fraction of sp³-hybridized carbons (Fsp3) is 0.370. The summed E-state index contributed by atoms with van der Waals surface area (Å²) < 4.78 is 48.3. The lowest BCUT2D eigenvalue weighted by atomic mass is 9.72. The molecule has 1 aliphatic heterocycles. The van der Waals surface area contributed by atoms with E-state index in [2.05, 4.69) is 10.4 Å². The van der Waals surface area contributed by atoms with Gasteiger partial charge >= 0.3 is 5.97 Å². The van der Waals surface area contributed by atoms with Crippen molar-refractivity contribution < 1.29 is 22.3 Å². The van der Waals surface area contributed by atoms with Crippen molar-refractivity contribution >= 4 is 33.6 Å². The minimum Gasteiger partial charge on any atom is -0.465 e. The number of ether oxygens (including phenoxy) is 1. The minimum absolute atomic E-state index is 0.135. The van der Waals surface area contributed by atoms with Crippen molar-refractivity contribution in [3.05, 3.63) is 71.8 Å². The van der Waals surface area contributed by atoms with Gasteiger partial charge in [0.1, 0.15) is 10.7 Å². The van der Waals surface area contributed by atoms with Gasteiger partial charge in [-0.05, 0) is 68.1 Å². The molecule has 1 aromatic heterocycles. The number of benzene rings is 2. The second-order valence-corrected chi connectivity index (χ2v) is 11.2. The summed E-state index contributed by atoms with van der Waals surface area (Å²) in [6.07, 6.45) is 5.38. The maximum Gasteiger partial charge on any atom is 0.316 e. The van der Waals surface area contributed by atoms with Crippen LogP contribution in [-0.4, -0.2) is 54.4 Å². The number of carbonyl (C=O) groups is 1. The molecule has 0 atom stereocenters. The maximum absolute atomic E-state index is 13.3. The van der Waals surface area contributed by atoms with E-state index in [0.717, 1.165) is 6.42 Å². The van der Waals surface area contributed by atoms with Crippen LogP contribution in [0.2, 0.25) is 0 Å². The number of sulfonamides is 1. The molecule has 202 valence electrons. The standard InChI is InChI=1S/C27H32FN5O4S/c1-3-13-32-19-24(18-30-32)38(35,36)33-14-11-27(12-15-33,26(34)37-4-2)21-5-10-25(20(16-21)17-29)31-23-8-6-22(28)7-9-23/h5-10,16-19,29,31H,3-4,11-15H2,1-2H3. The number of carbonyl (C=O) groups excluding carboxylic acids is 1. The van der Waals surface area contributed by atoms with Gasteiger partial charge in [0.25, 0.3) is 0 Å². The molecule has 0 bridgehead atoms. The summed E-state index contributed by atoms with van der Waals surface area (Å²) in [5.74, 6) is -0.763. The van der Waals surface area contributed by atoms with Gasteiger partial charge in [0.05, 0.1) is 18.2 Å². The van der Waals surface area contributed by atoms with E-state index < -0.39 is 21.4 Å². The van der Waals surface area contributed by atoms with E-state index in [9.17, 15) is 17.6 Å². The predicted octanol–water partition coefficient (Wildman–Crippen LogP) is 4.46. The van der Waals surface area contributed by atoms with Gasteiger partial charge < -0.3 is 15.5 Å². The van der Waals surface area contributed by atoms with Crippen LogP contribution in [0.1, 0.15) is 44.2 Å². The Balaban J connectivity index is 1.61. The Labute approximate surface area is 222 Å². The zero-order valence-electron chi connectivity index (χ0n) is 21.5. The molecule has 0 amide bonds. The van der Waals surface area contributed by atoms with Crippen molar-refractivity contribution in [1.82, 2.24) is 14.1 Å². The number of rotatable bonds is 10. The second kappa shape index (κ2) is 11.4. The van der Waals surface area contributed by atoms with Crippen molar-refractivity contribution in [2.75, 3.05) is 25.0 Å². The van der Waals surface area contributed by atoms with E-state index in [-0.39, 0.29) is 43.3 Å². The first-order chi connectivity index (χ1) is 18.2. The topological polar surface area (TPSA) is 117 Å². The van der Waals surface area contributed by atoms with Crippen molar-refractivity contribution in [1.29, 1.82) is 5.41 Å². The number of anilines is 2. The zero-order chi connectivity index (χ0) is 27.3. The van der Waals surface area contributed by atoms with Crippen LogP contribution in [0.4, 0.5) is 15.8 Å². The third-order valence-corrected chi connectivity index (χ3v) is 8.68. The molecule has 0 aliphatic carbocycles. The van der Waals surface area contributed by atoms with Gasteiger partial charge in [-0.15, -0.1) is 0 Å².